The van der Waals surface area contributed by atoms with Crippen LogP contribution in [0.25, 0.3) is 0 Å². The summed E-state index contributed by atoms with van der Waals surface area (Å²) >= 11 is 0. The van der Waals surface area contributed by atoms with Crippen LogP contribution in [0, 0.1) is 35.0 Å². The third kappa shape index (κ3) is 6.70. The number of carbonyl (C=O) groups is 2. The molecular weight excluding hydrogens is 761 g/mol. The molecule has 2 unspecified atom stereocenters. The lowest BCUT2D eigenvalue weighted by Crippen LogP contribution is -2.69. The molecule has 0 spiro atoms. The third-order valence-corrected chi connectivity index (χ3v) is 15.4. The summed E-state index contributed by atoms with van der Waals surface area (Å²) in [6, 6.07) is -3.76. The number of aliphatic hydroxyl groups excluding tert-OH is 5. The first kappa shape index (κ1) is 44.2. The Morgan fingerprint density at radius 2 is 1.55 bits per heavy atom. The van der Waals surface area contributed by atoms with Crippen LogP contribution in [0.15, 0.2) is 23.8 Å². The summed E-state index contributed by atoms with van der Waals surface area (Å²) in [6.45, 7) is 5.16. The second-order valence-electron chi connectivity index (χ2n) is 18.6. The molecule has 58 heavy (non-hydrogen) atoms. The molecular formula is C40H63FN5O12. The van der Waals surface area contributed by atoms with Gasteiger partial charge in [0.15, 0.2) is 29.8 Å². The van der Waals surface area contributed by atoms with Crippen LogP contribution in [-0.2, 0) is 28.5 Å². The van der Waals surface area contributed by atoms with Crippen LogP contribution in [0.2, 0.25) is 0 Å². The van der Waals surface area contributed by atoms with Gasteiger partial charge in [-0.25, -0.2) is 4.39 Å². The van der Waals surface area contributed by atoms with Gasteiger partial charge >= 0.3 is 0 Å². The molecule has 5 aliphatic carbocycles. The number of ether oxygens (including phenoxy) is 4. The van der Waals surface area contributed by atoms with Crippen molar-refractivity contribution in [3.05, 3.63) is 30.2 Å². The summed E-state index contributed by atoms with van der Waals surface area (Å²) in [6.07, 6.45) is -7.63. The molecule has 6 fully saturated rings. The molecule has 4 saturated carbocycles. The molecule has 2 aliphatic heterocycles. The lowest BCUT2D eigenvalue weighted by atomic mass is 9.44. The highest BCUT2D eigenvalue weighted by Gasteiger charge is 2.75. The van der Waals surface area contributed by atoms with Gasteiger partial charge in [-0.2, -0.15) is 0 Å². The van der Waals surface area contributed by atoms with E-state index in [1.54, 1.807) is 26.8 Å². The van der Waals surface area contributed by atoms with Crippen molar-refractivity contribution >= 4 is 11.6 Å². The van der Waals surface area contributed by atoms with Crippen LogP contribution < -0.4 is 28.7 Å². The highest BCUT2D eigenvalue weighted by Crippen LogP contribution is 2.70. The largest absolute Gasteiger partial charge is 0.390 e. The molecule has 0 aromatic rings. The minimum absolute atomic E-state index is 0.000571. The zero-order chi connectivity index (χ0) is 42.4. The number of fused-ring (bicyclic) bond motifs is 5. The number of aliphatic hydroxyl groups is 6. The highest BCUT2D eigenvalue weighted by atomic mass is 19.1. The molecule has 7 rings (SSSR count). The van der Waals surface area contributed by atoms with Crippen molar-refractivity contribution in [2.45, 2.75) is 169 Å². The Morgan fingerprint density at radius 1 is 0.914 bits per heavy atom. The predicted octanol–water partition coefficient (Wildman–Crippen LogP) is -2.78. The molecule has 0 aromatic carbocycles. The van der Waals surface area contributed by atoms with E-state index in [4.69, 9.17) is 47.6 Å². The summed E-state index contributed by atoms with van der Waals surface area (Å²) in [4.78, 5) is 26.5. The molecule has 1 radical (unpaired) electrons. The minimum Gasteiger partial charge on any atom is -0.390 e. The maximum Gasteiger partial charge on any atom is 0.186 e. The van der Waals surface area contributed by atoms with E-state index in [2.05, 4.69) is 0 Å². The fourth-order valence-electron chi connectivity index (χ4n) is 11.9. The second-order valence-corrected chi connectivity index (χ2v) is 18.6. The highest BCUT2D eigenvalue weighted by molar-refractivity contribution is 6.01. The molecule has 17 nitrogen and oxygen atoms in total. The lowest BCUT2D eigenvalue weighted by molar-refractivity contribution is -0.312. The van der Waals surface area contributed by atoms with Gasteiger partial charge in [-0.15, -0.1) is 0 Å². The Hall–Kier alpha value is -1.85. The van der Waals surface area contributed by atoms with Crippen LogP contribution in [0.1, 0.15) is 65.7 Å². The summed E-state index contributed by atoms with van der Waals surface area (Å²) in [5.41, 5.74) is 24.9. The quantitative estimate of drug-likeness (QED) is 0.112. The van der Waals surface area contributed by atoms with Gasteiger partial charge in [0.2, 0.25) is 0 Å². The Labute approximate surface area is 337 Å². The lowest BCUT2D eigenvalue weighted by Gasteiger charge is -2.62. The van der Waals surface area contributed by atoms with Crippen LogP contribution in [0.3, 0.4) is 0 Å². The van der Waals surface area contributed by atoms with Crippen LogP contribution in [0.5, 0.6) is 0 Å². The molecule has 327 valence electrons. The van der Waals surface area contributed by atoms with Crippen molar-refractivity contribution < 1.29 is 63.6 Å². The van der Waals surface area contributed by atoms with E-state index in [1.165, 1.54) is 18.6 Å². The number of ketones is 2. The van der Waals surface area contributed by atoms with Gasteiger partial charge in [-0.1, -0.05) is 25.5 Å². The molecule has 7 aliphatic rings. The smallest absolute Gasteiger partial charge is 0.186 e. The molecule has 0 aromatic heterocycles. The number of carbonyl (C=O) groups excluding carboxylic acids is 2. The Kier molecular flexibility index (Phi) is 12.0. The van der Waals surface area contributed by atoms with Gasteiger partial charge < -0.3 is 78.3 Å². The zero-order valence-corrected chi connectivity index (χ0v) is 33.3. The number of nitrogens with two attached hydrogens (primary N) is 5. The van der Waals surface area contributed by atoms with Gasteiger partial charge in [0.05, 0.1) is 42.6 Å². The number of hydrogen-bond acceptors (Lipinski definition) is 17. The maximum absolute atomic E-state index is 17.6. The van der Waals surface area contributed by atoms with Gasteiger partial charge in [-0.3, -0.25) is 9.59 Å². The Morgan fingerprint density at radius 3 is 2.21 bits per heavy atom. The fourth-order valence-corrected chi connectivity index (χ4v) is 11.9. The molecule has 0 bridgehead atoms. The average Bonchev–Trinajstić information content (AvgIpc) is 3.37. The first-order valence-electron chi connectivity index (χ1n) is 20.6. The van der Waals surface area contributed by atoms with E-state index < -0.39 is 137 Å². The molecule has 2 saturated heterocycles. The van der Waals surface area contributed by atoms with E-state index in [0.717, 1.165) is 0 Å². The van der Waals surface area contributed by atoms with E-state index in [1.807, 2.05) is 0 Å². The summed E-state index contributed by atoms with van der Waals surface area (Å²) in [5, 5.41) is 68.1. The van der Waals surface area contributed by atoms with Gasteiger partial charge in [0.25, 0.3) is 0 Å². The van der Waals surface area contributed by atoms with E-state index >= 15 is 4.39 Å². The zero-order valence-electron chi connectivity index (χ0n) is 33.3. The average molecular weight is 825 g/mol. The number of allylic oxidation sites excluding steroid dienone is 4. The minimum atomic E-state index is -2.14. The summed E-state index contributed by atoms with van der Waals surface area (Å²) in [7, 11) is 0. The van der Waals surface area contributed by atoms with Crippen LogP contribution in [0.4, 0.5) is 4.39 Å². The second kappa shape index (κ2) is 15.8. The van der Waals surface area contributed by atoms with Crippen LogP contribution >= 0.6 is 0 Å². The van der Waals surface area contributed by atoms with Crippen molar-refractivity contribution in [3.63, 3.8) is 0 Å². The van der Waals surface area contributed by atoms with Crippen molar-refractivity contribution in [2.75, 3.05) is 6.54 Å². The Balaban J connectivity index is 1.04. The predicted molar refractivity (Wildman–Crippen MR) is 203 cm³/mol. The number of halogens is 1. The van der Waals surface area contributed by atoms with E-state index in [-0.39, 0.29) is 38.0 Å². The standard InChI is InChI=1S/C40H63FN5O12/c1-16-10-20-19-5-4-17-11-18(47)8-9-37(17,2)39(19,41)28(50)14-38(20,3)40(16,54)27(49)7-6-25-30(51)29(46)31(52)36(55-25)58-34-22(44)12-21(43)33(32(34)53)57-35-23(45)13-24(48)26(15-42)56-35/h7-9,11,16,19-26,28-36,48,50-54H,4-6,10,12-15,42-46H2,1-3H3/t16-,19?,20?,21+,22-,23-,24+,25-,26-,28+,29+,30-,31-,32+,33-,34+,35-,36+,37+,38+,39+,40+/m1/s1. The fraction of sp³-hybridized carbons (Fsp3) is 0.825. The van der Waals surface area contributed by atoms with Crippen molar-refractivity contribution in [1.29, 1.82) is 0 Å². The number of hydrogen-bond donors (Lipinski definition) is 11. The molecule has 22 atom stereocenters. The number of alkyl halides is 1. The van der Waals surface area contributed by atoms with Crippen molar-refractivity contribution in [1.82, 2.24) is 0 Å². The molecule has 0 amide bonds. The van der Waals surface area contributed by atoms with Gasteiger partial charge in [-0.05, 0) is 75.9 Å². The maximum atomic E-state index is 17.6. The van der Waals surface area contributed by atoms with Gasteiger partial charge in [0.1, 0.15) is 30.0 Å². The van der Waals surface area contributed by atoms with Crippen LogP contribution in [-0.4, -0.2) is 152 Å². The van der Waals surface area contributed by atoms with Gasteiger partial charge in [0, 0.05) is 41.8 Å². The van der Waals surface area contributed by atoms with Crippen molar-refractivity contribution in [2.24, 2.45) is 57.3 Å². The SMILES string of the molecule is C[C@@H]1CC2C3CCC4=CC(=O)C=C[C@]4(C)[C@@]3(F)[C@@H](O)C[C@]2(C)[C@@]1(O)C(=O)[CH]C[C@H]1O[C@@H](O[C@@H]2[C@@H](O)[C@H](O[C@H]3O[C@H](CN)[C@@H](O)C[C@H]3N)[C@@H](N)C[C@H]2N)[C@H](O)[C@@H](N)[C@@H]1O. The molecule has 16 N–H and O–H groups in total. The summed E-state index contributed by atoms with van der Waals surface area (Å²) < 4.78 is 41.5. The first-order chi connectivity index (χ1) is 27.1. The number of rotatable bonds is 9. The van der Waals surface area contributed by atoms with E-state index in [0.29, 0.717) is 24.8 Å². The first-order valence-corrected chi connectivity index (χ1v) is 20.6. The topological polar surface area (TPSA) is 323 Å². The third-order valence-electron chi connectivity index (χ3n) is 15.4. The monoisotopic (exact) mass is 824 g/mol. The summed E-state index contributed by atoms with van der Waals surface area (Å²) in [5.74, 6) is -2.75. The Bertz CT molecular complexity index is 1650. The normalized spacial score (nSPS) is 54.3. The van der Waals surface area contributed by atoms with E-state index in [9.17, 15) is 40.2 Å². The number of Topliss-reactive ketones (excluding diaryl/α,β-unsaturated/α-hetero) is 1. The molecule has 2 heterocycles. The molecule has 18 heteroatoms. The van der Waals surface area contributed by atoms with Crippen molar-refractivity contribution in [3.8, 4) is 0 Å².